The Morgan fingerprint density at radius 1 is 0.562 bits per heavy atom. The Morgan fingerprint density at radius 3 is 1.84 bits per heavy atom. The Hall–Kier alpha value is -6.60. The molecule has 0 amide bonds. The van der Waals surface area contributed by atoms with Gasteiger partial charge in [0.25, 0.3) is 0 Å². The quantitative estimate of drug-likeness (QED) is 0.154. The summed E-state index contributed by atoms with van der Waals surface area (Å²) in [6.45, 7) is 31.2. The van der Waals surface area contributed by atoms with Crippen LogP contribution in [0.1, 0.15) is 143 Å². The van der Waals surface area contributed by atoms with Crippen LogP contribution in [0, 0.1) is 12.1 Å². The first-order valence-corrected chi connectivity index (χ1v) is 25.5. The third-order valence-electron chi connectivity index (χ3n) is 15.0. The van der Waals surface area contributed by atoms with E-state index < -0.39 is 0 Å². The van der Waals surface area contributed by atoms with Crippen molar-refractivity contribution in [3.63, 3.8) is 0 Å². The smallest absolute Gasteiger partial charge is 0.163 e. The third-order valence-corrected chi connectivity index (χ3v) is 15.0. The predicted molar refractivity (Wildman–Crippen MR) is 297 cm³/mol. The number of hydrogen-bond donors (Lipinski definition) is 0. The molecule has 10 aromatic rings. The van der Waals surface area contributed by atoms with Gasteiger partial charge in [-0.15, -0.1) is 53.6 Å². The number of para-hydroxylation sites is 2. The van der Waals surface area contributed by atoms with Crippen molar-refractivity contribution in [1.82, 2.24) is 29.5 Å². The molecule has 0 unspecified atom stereocenters. The van der Waals surface area contributed by atoms with Gasteiger partial charge in [0.05, 0.1) is 22.4 Å². The SMILES string of the molecule is CC(C)c1cc(-c2ccccc2)cc(C(C)C)c1-n1c(-c2[c-]ccc3c2oc2cc(-c4nc(C(C)(C)C)nc(C(C)(C)C)n4)ccc23)nc2ccccc21.CC1(C)c2ccc[c-]c2-c2ncccc2C1(C)C.[Ir]. The molecule has 73 heavy (non-hydrogen) atoms. The van der Waals surface area contributed by atoms with Gasteiger partial charge in [0.1, 0.15) is 17.2 Å². The summed E-state index contributed by atoms with van der Waals surface area (Å²) in [6, 6.07) is 51.6. The van der Waals surface area contributed by atoms with E-state index in [1.807, 2.05) is 24.4 Å². The minimum atomic E-state index is -0.232. The monoisotopic (exact) mass is 1140 g/mol. The number of imidazole rings is 1. The molecule has 0 N–H and O–H groups in total. The summed E-state index contributed by atoms with van der Waals surface area (Å²) < 4.78 is 9.21. The molecule has 4 heterocycles. The Labute approximate surface area is 445 Å². The predicted octanol–water partition coefficient (Wildman–Crippen LogP) is 16.9. The first kappa shape index (κ1) is 51.3. The van der Waals surface area contributed by atoms with E-state index in [1.54, 1.807) is 0 Å². The van der Waals surface area contributed by atoms with Crippen molar-refractivity contribution < 1.29 is 24.5 Å². The maximum absolute atomic E-state index is 6.86. The van der Waals surface area contributed by atoms with Crippen LogP contribution >= 0.6 is 0 Å². The number of aromatic nitrogens is 6. The van der Waals surface area contributed by atoms with E-state index in [2.05, 4.69) is 228 Å². The Bertz CT molecular complexity index is 3560. The topological polar surface area (TPSA) is 82.5 Å². The fraction of sp³-hybridized carbons (Fsp3) is 0.308. The van der Waals surface area contributed by atoms with Gasteiger partial charge in [0, 0.05) is 53.8 Å². The Balaban J connectivity index is 0.000000290. The zero-order chi connectivity index (χ0) is 51.1. The molecule has 1 aliphatic rings. The number of furan rings is 1. The van der Waals surface area contributed by atoms with Gasteiger partial charge in [0.15, 0.2) is 5.82 Å². The molecule has 1 radical (unpaired) electrons. The number of hydrogen-bond acceptors (Lipinski definition) is 6. The van der Waals surface area contributed by atoms with Gasteiger partial charge < -0.3 is 14.0 Å². The van der Waals surface area contributed by atoms with Crippen LogP contribution in [0.5, 0.6) is 0 Å². The molecule has 4 aromatic heterocycles. The molecule has 7 nitrogen and oxygen atoms in total. The van der Waals surface area contributed by atoms with Crippen LogP contribution in [-0.2, 0) is 41.8 Å². The van der Waals surface area contributed by atoms with Gasteiger partial charge in [-0.3, -0.25) is 4.98 Å². The first-order valence-electron chi connectivity index (χ1n) is 25.5. The van der Waals surface area contributed by atoms with Gasteiger partial charge in [0.2, 0.25) is 0 Å². The van der Waals surface area contributed by atoms with Crippen LogP contribution in [0.4, 0.5) is 0 Å². The van der Waals surface area contributed by atoms with Crippen molar-refractivity contribution in [2.75, 3.05) is 0 Å². The zero-order valence-corrected chi connectivity index (χ0v) is 47.2. The average molecular weight is 1140 g/mol. The van der Waals surface area contributed by atoms with Crippen molar-refractivity contribution in [1.29, 1.82) is 0 Å². The van der Waals surface area contributed by atoms with Crippen LogP contribution < -0.4 is 0 Å². The number of rotatable bonds is 6. The van der Waals surface area contributed by atoms with Crippen LogP contribution in [0.15, 0.2) is 138 Å². The van der Waals surface area contributed by atoms with Crippen molar-refractivity contribution in [2.45, 2.75) is 130 Å². The van der Waals surface area contributed by atoms with Gasteiger partial charge in [-0.2, -0.15) is 0 Å². The Kier molecular flexibility index (Phi) is 13.4. The molecule has 1 aliphatic carbocycles. The summed E-state index contributed by atoms with van der Waals surface area (Å²) in [5.41, 5.74) is 16.0. The number of benzene rings is 6. The number of fused-ring (bicyclic) bond motifs is 7. The van der Waals surface area contributed by atoms with Crippen LogP contribution in [-0.4, -0.2) is 29.5 Å². The molecule has 0 bridgehead atoms. The van der Waals surface area contributed by atoms with Crippen molar-refractivity contribution in [2.24, 2.45) is 0 Å². The van der Waals surface area contributed by atoms with E-state index >= 15 is 0 Å². The summed E-state index contributed by atoms with van der Waals surface area (Å²) in [4.78, 5) is 24.8. The summed E-state index contributed by atoms with van der Waals surface area (Å²) in [7, 11) is 0. The van der Waals surface area contributed by atoms with Crippen LogP contribution in [0.2, 0.25) is 0 Å². The maximum atomic E-state index is 6.86. The van der Waals surface area contributed by atoms with E-state index in [1.165, 1.54) is 39.1 Å². The minimum Gasteiger partial charge on any atom is -0.501 e. The minimum absolute atomic E-state index is 0. The summed E-state index contributed by atoms with van der Waals surface area (Å²) in [5, 5.41) is 2.03. The fourth-order valence-corrected chi connectivity index (χ4v) is 10.2. The number of nitrogens with zero attached hydrogens (tertiary/aromatic N) is 6. The average Bonchev–Trinajstić information content (AvgIpc) is 3.94. The molecule has 0 atom stereocenters. The Morgan fingerprint density at radius 2 is 1.18 bits per heavy atom. The van der Waals surface area contributed by atoms with Crippen LogP contribution in [0.3, 0.4) is 0 Å². The number of pyridine rings is 1. The standard InChI is InChI=1S/C48H48N5O.C17H18N.Ir/c1-28(2)36-25-32(30-17-12-11-13-18-30)26-37(29(3)4)41(36)53-39-22-15-14-21-38(39)49-44(53)35-20-16-19-34-33-24-23-31(27-40(33)54-42(34)35)43-50-45(47(5,6)7)52-46(51-43)48(8,9)10;1-16(2)13-9-6-5-8-12(13)15-14(17(16,3)4)10-7-11-18-15;/h11-19,21-29H,1-10H3;5-7,9-11H,1-4H3;/q2*-1;. The van der Waals surface area contributed by atoms with Crippen molar-refractivity contribution in [3.05, 3.63) is 180 Å². The van der Waals surface area contributed by atoms with E-state index in [0.717, 1.165) is 72.8 Å². The normalized spacial score (nSPS) is 14.0. The van der Waals surface area contributed by atoms with Crippen molar-refractivity contribution >= 4 is 33.0 Å². The second-order valence-corrected chi connectivity index (χ2v) is 23.3. The molecular formula is C65H66IrN6O-2. The van der Waals surface area contributed by atoms with E-state index in [4.69, 9.17) is 24.4 Å². The summed E-state index contributed by atoms with van der Waals surface area (Å²) in [6.07, 6.45) is 1.87. The van der Waals surface area contributed by atoms with Gasteiger partial charge in [-0.25, -0.2) is 15.0 Å². The molecule has 0 spiro atoms. The molecular weight excluding hydrogens is 1070 g/mol. The molecule has 373 valence electrons. The molecule has 0 aliphatic heterocycles. The second kappa shape index (κ2) is 19.0. The van der Waals surface area contributed by atoms with E-state index in [-0.39, 0.29) is 53.6 Å². The molecule has 6 aromatic carbocycles. The van der Waals surface area contributed by atoms with Crippen molar-refractivity contribution in [3.8, 4) is 50.8 Å². The second-order valence-electron chi connectivity index (χ2n) is 23.3. The van der Waals surface area contributed by atoms with Gasteiger partial charge in [-0.1, -0.05) is 174 Å². The summed E-state index contributed by atoms with van der Waals surface area (Å²) >= 11 is 0. The van der Waals surface area contributed by atoms with Gasteiger partial charge >= 0.3 is 0 Å². The van der Waals surface area contributed by atoms with Crippen LogP contribution in [0.25, 0.3) is 83.8 Å². The molecule has 11 rings (SSSR count). The molecule has 0 saturated heterocycles. The zero-order valence-electron chi connectivity index (χ0n) is 44.8. The van der Waals surface area contributed by atoms with E-state index in [0.29, 0.717) is 5.82 Å². The maximum Gasteiger partial charge on any atom is 0.163 e. The van der Waals surface area contributed by atoms with Gasteiger partial charge in [-0.05, 0) is 87.0 Å². The molecule has 8 heteroatoms. The largest absolute Gasteiger partial charge is 0.501 e. The molecule has 0 saturated carbocycles. The van der Waals surface area contributed by atoms with E-state index in [9.17, 15) is 0 Å². The summed E-state index contributed by atoms with van der Waals surface area (Å²) in [5.74, 6) is 3.52. The third kappa shape index (κ3) is 9.05. The fourth-order valence-electron chi connectivity index (χ4n) is 10.2. The first-order chi connectivity index (χ1) is 34.1. The molecule has 0 fully saturated rings.